The molecule has 1 aliphatic rings. The largest absolute Gasteiger partial charge is 0.481 e. The number of aryl methyl sites for hydroxylation is 1. The molecule has 0 aromatic heterocycles. The van der Waals surface area contributed by atoms with Gasteiger partial charge >= 0.3 is 5.97 Å². The number of nitrogens with one attached hydrogen (secondary N) is 1. The van der Waals surface area contributed by atoms with Crippen molar-refractivity contribution in [1.29, 1.82) is 5.26 Å². The summed E-state index contributed by atoms with van der Waals surface area (Å²) in [6.45, 7) is 0.582. The van der Waals surface area contributed by atoms with Crippen molar-refractivity contribution in [3.05, 3.63) is 71.4 Å². The van der Waals surface area contributed by atoms with Crippen molar-refractivity contribution in [2.24, 2.45) is 0 Å². The molecule has 0 radical (unpaired) electrons. The molecular formula is C21H19N3O3. The molecule has 0 saturated carbocycles. The molecular weight excluding hydrogens is 342 g/mol. The summed E-state index contributed by atoms with van der Waals surface area (Å²) < 4.78 is 0. The average Bonchev–Trinajstić information content (AvgIpc) is 2.68. The predicted octanol–water partition coefficient (Wildman–Crippen LogP) is 3.11. The Kier molecular flexibility index (Phi) is 5.53. The van der Waals surface area contributed by atoms with E-state index in [9.17, 15) is 14.9 Å². The first-order valence-corrected chi connectivity index (χ1v) is 8.66. The number of fused-ring (bicyclic) bond motifs is 1. The van der Waals surface area contributed by atoms with Crippen LogP contribution in [0.15, 0.2) is 60.3 Å². The van der Waals surface area contributed by atoms with Crippen molar-refractivity contribution in [3.63, 3.8) is 0 Å². The normalized spacial score (nSPS) is 13.4. The lowest BCUT2D eigenvalue weighted by Gasteiger charge is -2.29. The Morgan fingerprint density at radius 1 is 1.19 bits per heavy atom. The minimum Gasteiger partial charge on any atom is -0.481 e. The number of rotatable bonds is 5. The second kappa shape index (κ2) is 8.19. The van der Waals surface area contributed by atoms with Crippen LogP contribution >= 0.6 is 0 Å². The molecule has 6 nitrogen and oxygen atoms in total. The fraction of sp³-hybridized carbons (Fsp3) is 0.190. The molecule has 2 aromatic carbocycles. The fourth-order valence-corrected chi connectivity index (χ4v) is 3.08. The first-order valence-electron chi connectivity index (χ1n) is 8.66. The third-order valence-electron chi connectivity index (χ3n) is 4.40. The number of carbonyl (C=O) groups excluding carboxylic acids is 1. The standard InChI is InChI=1S/C21H19N3O3/c22-13-17(14-23-18-9-7-15(8-10-18)12-20(25)26)21(27)24-11-3-5-16-4-1-2-6-19(16)24/h1-2,4,6-10,14,23H,3,5,11-12H2,(H,25,26)/b17-14-. The van der Waals surface area contributed by atoms with Crippen LogP contribution in [0.4, 0.5) is 11.4 Å². The lowest BCUT2D eigenvalue weighted by Crippen LogP contribution is -2.36. The van der Waals surface area contributed by atoms with E-state index in [-0.39, 0.29) is 17.9 Å². The van der Waals surface area contributed by atoms with Gasteiger partial charge in [-0.2, -0.15) is 5.26 Å². The summed E-state index contributed by atoms with van der Waals surface area (Å²) in [4.78, 5) is 25.2. The highest BCUT2D eigenvalue weighted by atomic mass is 16.4. The summed E-state index contributed by atoms with van der Waals surface area (Å²) in [6.07, 6.45) is 3.13. The Hall–Kier alpha value is -3.59. The molecule has 1 heterocycles. The van der Waals surface area contributed by atoms with Crippen molar-refractivity contribution in [2.45, 2.75) is 19.3 Å². The maximum Gasteiger partial charge on any atom is 0.307 e. The van der Waals surface area contributed by atoms with Crippen LogP contribution in [-0.4, -0.2) is 23.5 Å². The highest BCUT2D eigenvalue weighted by molar-refractivity contribution is 6.09. The Balaban J connectivity index is 1.74. The highest BCUT2D eigenvalue weighted by Crippen LogP contribution is 2.27. The number of nitrogens with zero attached hydrogens (tertiary/aromatic N) is 2. The van der Waals surface area contributed by atoms with E-state index < -0.39 is 5.97 Å². The minimum atomic E-state index is -0.894. The quantitative estimate of drug-likeness (QED) is 0.630. The number of amides is 1. The van der Waals surface area contributed by atoms with Gasteiger partial charge in [-0.1, -0.05) is 30.3 Å². The minimum absolute atomic E-state index is 0.0151. The van der Waals surface area contributed by atoms with E-state index in [0.717, 1.165) is 24.1 Å². The number of carboxylic acid groups (broad SMARTS) is 1. The molecule has 136 valence electrons. The number of carboxylic acids is 1. The van der Waals surface area contributed by atoms with Gasteiger partial charge in [0.2, 0.25) is 0 Å². The van der Waals surface area contributed by atoms with Crippen LogP contribution in [0.3, 0.4) is 0 Å². The Labute approximate surface area is 157 Å². The van der Waals surface area contributed by atoms with Crippen molar-refractivity contribution in [1.82, 2.24) is 0 Å². The molecule has 1 aliphatic heterocycles. The summed E-state index contributed by atoms with van der Waals surface area (Å²) in [6, 6.07) is 16.5. The summed E-state index contributed by atoms with van der Waals surface area (Å²) in [5.41, 5.74) is 3.33. The number of anilines is 2. The highest BCUT2D eigenvalue weighted by Gasteiger charge is 2.24. The fourth-order valence-electron chi connectivity index (χ4n) is 3.08. The number of para-hydroxylation sites is 1. The van der Waals surface area contributed by atoms with Crippen LogP contribution in [-0.2, 0) is 22.4 Å². The molecule has 0 saturated heterocycles. The molecule has 0 bridgehead atoms. The first kappa shape index (κ1) is 18.2. The smallest absolute Gasteiger partial charge is 0.307 e. The van der Waals surface area contributed by atoms with Gasteiger partial charge in [-0.05, 0) is 42.2 Å². The van der Waals surface area contributed by atoms with Gasteiger partial charge in [0.25, 0.3) is 5.91 Å². The predicted molar refractivity (Wildman–Crippen MR) is 102 cm³/mol. The average molecular weight is 361 g/mol. The van der Waals surface area contributed by atoms with Crippen LogP contribution in [0.25, 0.3) is 0 Å². The number of carbonyl (C=O) groups is 2. The second-order valence-corrected chi connectivity index (χ2v) is 6.27. The molecule has 0 atom stereocenters. The first-order chi connectivity index (χ1) is 13.1. The number of aliphatic carboxylic acids is 1. The zero-order chi connectivity index (χ0) is 19.2. The number of hydrogen-bond donors (Lipinski definition) is 2. The molecule has 3 rings (SSSR count). The van der Waals surface area contributed by atoms with E-state index in [1.54, 1.807) is 29.2 Å². The van der Waals surface area contributed by atoms with Crippen LogP contribution < -0.4 is 10.2 Å². The molecule has 0 aliphatic carbocycles. The van der Waals surface area contributed by atoms with Crippen molar-refractivity contribution < 1.29 is 14.7 Å². The van der Waals surface area contributed by atoms with E-state index in [0.29, 0.717) is 17.8 Å². The number of hydrogen-bond acceptors (Lipinski definition) is 4. The van der Waals surface area contributed by atoms with Crippen molar-refractivity contribution in [3.8, 4) is 6.07 Å². The Morgan fingerprint density at radius 3 is 2.63 bits per heavy atom. The SMILES string of the molecule is N#C/C(=C/Nc1ccc(CC(=O)O)cc1)C(=O)N1CCCc2ccccc21. The third-order valence-corrected chi connectivity index (χ3v) is 4.40. The zero-order valence-electron chi connectivity index (χ0n) is 14.7. The van der Waals surface area contributed by atoms with Gasteiger partial charge in [-0.15, -0.1) is 0 Å². The maximum atomic E-state index is 12.8. The summed E-state index contributed by atoms with van der Waals surface area (Å²) in [5.74, 6) is -1.23. The third kappa shape index (κ3) is 4.33. The molecule has 1 amide bonds. The summed E-state index contributed by atoms with van der Waals surface area (Å²) in [7, 11) is 0. The molecule has 2 N–H and O–H groups in total. The number of benzene rings is 2. The summed E-state index contributed by atoms with van der Waals surface area (Å²) in [5, 5.41) is 21.2. The van der Waals surface area contributed by atoms with Crippen molar-refractivity contribution >= 4 is 23.3 Å². The van der Waals surface area contributed by atoms with Gasteiger partial charge in [0.1, 0.15) is 11.6 Å². The van der Waals surface area contributed by atoms with Crippen LogP contribution in [0.2, 0.25) is 0 Å². The van der Waals surface area contributed by atoms with Crippen LogP contribution in [0.5, 0.6) is 0 Å². The van der Waals surface area contributed by atoms with Gasteiger partial charge in [0, 0.05) is 24.1 Å². The second-order valence-electron chi connectivity index (χ2n) is 6.27. The van der Waals surface area contributed by atoms with E-state index in [2.05, 4.69) is 5.32 Å². The molecule has 2 aromatic rings. The maximum absolute atomic E-state index is 12.8. The van der Waals surface area contributed by atoms with E-state index in [1.807, 2.05) is 30.3 Å². The monoisotopic (exact) mass is 361 g/mol. The van der Waals surface area contributed by atoms with Gasteiger partial charge in [0.05, 0.1) is 6.42 Å². The van der Waals surface area contributed by atoms with Gasteiger partial charge in [-0.25, -0.2) is 0 Å². The van der Waals surface area contributed by atoms with E-state index in [4.69, 9.17) is 5.11 Å². The molecule has 6 heteroatoms. The van der Waals surface area contributed by atoms with Gasteiger partial charge in [0.15, 0.2) is 0 Å². The lowest BCUT2D eigenvalue weighted by molar-refractivity contribution is -0.136. The van der Waals surface area contributed by atoms with Crippen LogP contribution in [0, 0.1) is 11.3 Å². The van der Waals surface area contributed by atoms with Crippen LogP contribution in [0.1, 0.15) is 17.5 Å². The van der Waals surface area contributed by atoms with Gasteiger partial charge in [-0.3, -0.25) is 9.59 Å². The van der Waals surface area contributed by atoms with Crippen molar-refractivity contribution in [2.75, 3.05) is 16.8 Å². The molecule has 27 heavy (non-hydrogen) atoms. The number of nitriles is 1. The molecule has 0 spiro atoms. The van der Waals surface area contributed by atoms with E-state index >= 15 is 0 Å². The topological polar surface area (TPSA) is 93.4 Å². The Morgan fingerprint density at radius 2 is 1.93 bits per heavy atom. The zero-order valence-corrected chi connectivity index (χ0v) is 14.7. The Bertz CT molecular complexity index is 926. The lowest BCUT2D eigenvalue weighted by atomic mass is 10.0. The molecule has 0 unspecified atom stereocenters. The van der Waals surface area contributed by atoms with E-state index in [1.165, 1.54) is 6.20 Å². The molecule has 0 fully saturated rings. The van der Waals surface area contributed by atoms with Gasteiger partial charge < -0.3 is 15.3 Å². The summed E-state index contributed by atoms with van der Waals surface area (Å²) >= 11 is 0.